The highest BCUT2D eigenvalue weighted by atomic mass is 16.5. The number of carbonyl (C=O) groups is 1. The van der Waals surface area contributed by atoms with Crippen LogP contribution < -0.4 is 14.2 Å². The average molecular weight is 314 g/mol. The topological polar surface area (TPSA) is 65.0 Å². The van der Waals surface area contributed by atoms with Gasteiger partial charge < -0.3 is 19.3 Å². The van der Waals surface area contributed by atoms with Crippen LogP contribution in [-0.4, -0.2) is 25.3 Å². The summed E-state index contributed by atoms with van der Waals surface area (Å²) in [5.74, 6) is 0.411. The maximum absolute atomic E-state index is 10.6. The number of hydrogen-bond acceptors (Lipinski definition) is 4. The van der Waals surface area contributed by atoms with E-state index in [4.69, 9.17) is 19.3 Å². The predicted octanol–water partition coefficient (Wildman–Crippen LogP) is 3.38. The number of hydrogen-bond donors (Lipinski definition) is 1. The standard InChI is InChI=1S/C18H18O5/c1-21-15-10-14(8-9-17(19)20)11-16(22-2)18(15)23-12-13-6-4-3-5-7-13/h3-11H,12H2,1-2H3,(H,19,20)/b9-8+. The Hall–Kier alpha value is -2.95. The molecule has 0 aliphatic carbocycles. The lowest BCUT2D eigenvalue weighted by atomic mass is 10.1. The van der Waals surface area contributed by atoms with Crippen molar-refractivity contribution in [3.05, 3.63) is 59.7 Å². The van der Waals surface area contributed by atoms with Crippen LogP contribution in [0, 0.1) is 0 Å². The third-order valence-corrected chi connectivity index (χ3v) is 3.13. The Balaban J connectivity index is 2.28. The first-order chi connectivity index (χ1) is 11.1. The van der Waals surface area contributed by atoms with Gasteiger partial charge in [-0.25, -0.2) is 4.79 Å². The molecule has 2 rings (SSSR count). The monoisotopic (exact) mass is 314 g/mol. The normalized spacial score (nSPS) is 10.5. The van der Waals surface area contributed by atoms with E-state index in [0.717, 1.165) is 11.6 Å². The van der Waals surface area contributed by atoms with Crippen LogP contribution in [0.25, 0.3) is 6.08 Å². The van der Waals surface area contributed by atoms with E-state index in [0.29, 0.717) is 29.4 Å². The van der Waals surface area contributed by atoms with Gasteiger partial charge >= 0.3 is 5.97 Å². The quantitative estimate of drug-likeness (QED) is 0.794. The van der Waals surface area contributed by atoms with Gasteiger partial charge in [0.05, 0.1) is 14.2 Å². The minimum Gasteiger partial charge on any atom is -0.493 e. The van der Waals surface area contributed by atoms with Crippen molar-refractivity contribution in [2.45, 2.75) is 6.61 Å². The molecule has 0 heterocycles. The van der Waals surface area contributed by atoms with Gasteiger partial charge in [0.25, 0.3) is 0 Å². The fraction of sp³-hybridized carbons (Fsp3) is 0.167. The lowest BCUT2D eigenvalue weighted by molar-refractivity contribution is -0.131. The maximum atomic E-state index is 10.6. The van der Waals surface area contributed by atoms with E-state index in [1.54, 1.807) is 12.1 Å². The Labute approximate surface area is 134 Å². The van der Waals surface area contributed by atoms with Crippen molar-refractivity contribution in [1.82, 2.24) is 0 Å². The van der Waals surface area contributed by atoms with Crippen molar-refractivity contribution in [3.63, 3.8) is 0 Å². The molecular formula is C18H18O5. The summed E-state index contributed by atoms with van der Waals surface area (Å²) in [7, 11) is 3.05. The SMILES string of the molecule is COc1cc(/C=C/C(=O)O)cc(OC)c1OCc1ccccc1. The zero-order valence-electron chi connectivity index (χ0n) is 13.0. The second kappa shape index (κ2) is 7.89. The molecule has 0 aliphatic rings. The molecule has 0 amide bonds. The average Bonchev–Trinajstić information content (AvgIpc) is 2.58. The number of benzene rings is 2. The molecule has 0 radical (unpaired) electrons. The van der Waals surface area contributed by atoms with Gasteiger partial charge in [0.1, 0.15) is 6.61 Å². The van der Waals surface area contributed by atoms with Crippen molar-refractivity contribution in [1.29, 1.82) is 0 Å². The fourth-order valence-corrected chi connectivity index (χ4v) is 2.04. The van der Waals surface area contributed by atoms with Crippen molar-refractivity contribution in [2.24, 2.45) is 0 Å². The highest BCUT2D eigenvalue weighted by Gasteiger charge is 2.13. The van der Waals surface area contributed by atoms with E-state index in [-0.39, 0.29) is 0 Å². The zero-order valence-corrected chi connectivity index (χ0v) is 13.0. The molecule has 0 aromatic heterocycles. The number of carboxylic acid groups (broad SMARTS) is 1. The van der Waals surface area contributed by atoms with Crippen LogP contribution in [0.4, 0.5) is 0 Å². The summed E-state index contributed by atoms with van der Waals surface area (Å²) in [6, 6.07) is 13.1. The number of aliphatic carboxylic acids is 1. The largest absolute Gasteiger partial charge is 0.493 e. The molecule has 0 saturated heterocycles. The molecule has 0 spiro atoms. The van der Waals surface area contributed by atoms with Gasteiger partial charge in [-0.05, 0) is 29.3 Å². The molecule has 0 unspecified atom stereocenters. The Morgan fingerprint density at radius 3 is 2.22 bits per heavy atom. The van der Waals surface area contributed by atoms with Gasteiger partial charge in [0, 0.05) is 6.08 Å². The molecule has 0 atom stereocenters. The number of rotatable bonds is 7. The number of methoxy groups -OCH3 is 2. The van der Waals surface area contributed by atoms with Crippen molar-refractivity contribution >= 4 is 12.0 Å². The van der Waals surface area contributed by atoms with E-state index in [1.165, 1.54) is 20.3 Å². The molecule has 2 aromatic rings. The van der Waals surface area contributed by atoms with Crippen LogP contribution in [0.15, 0.2) is 48.5 Å². The first-order valence-electron chi connectivity index (χ1n) is 6.97. The van der Waals surface area contributed by atoms with E-state index >= 15 is 0 Å². The molecule has 120 valence electrons. The summed E-state index contributed by atoms with van der Waals surface area (Å²) in [5, 5.41) is 8.72. The first kappa shape index (κ1) is 16.4. The highest BCUT2D eigenvalue weighted by molar-refractivity contribution is 5.85. The molecule has 0 saturated carbocycles. The smallest absolute Gasteiger partial charge is 0.328 e. The summed E-state index contributed by atoms with van der Waals surface area (Å²) < 4.78 is 16.5. The molecule has 5 nitrogen and oxygen atoms in total. The Bertz CT molecular complexity index is 667. The van der Waals surface area contributed by atoms with Gasteiger partial charge in [-0.3, -0.25) is 0 Å². The van der Waals surface area contributed by atoms with Crippen LogP contribution in [0.2, 0.25) is 0 Å². The minimum atomic E-state index is -1.02. The number of carboxylic acids is 1. The van der Waals surface area contributed by atoms with E-state index < -0.39 is 5.97 Å². The summed E-state index contributed by atoms with van der Waals surface area (Å²) in [5.41, 5.74) is 1.67. The summed E-state index contributed by atoms with van der Waals surface area (Å²) in [6.07, 6.45) is 2.52. The molecule has 0 bridgehead atoms. The number of ether oxygens (including phenoxy) is 3. The van der Waals surface area contributed by atoms with Crippen molar-refractivity contribution in [3.8, 4) is 17.2 Å². The molecule has 23 heavy (non-hydrogen) atoms. The fourth-order valence-electron chi connectivity index (χ4n) is 2.04. The van der Waals surface area contributed by atoms with Crippen molar-refractivity contribution in [2.75, 3.05) is 14.2 Å². The van der Waals surface area contributed by atoms with Crippen LogP contribution >= 0.6 is 0 Å². The molecular weight excluding hydrogens is 296 g/mol. The van der Waals surface area contributed by atoms with Gasteiger partial charge in [-0.15, -0.1) is 0 Å². The van der Waals surface area contributed by atoms with E-state index in [1.807, 2.05) is 30.3 Å². The molecule has 0 aliphatic heterocycles. The zero-order chi connectivity index (χ0) is 16.7. The Morgan fingerprint density at radius 2 is 1.70 bits per heavy atom. The van der Waals surface area contributed by atoms with Crippen molar-refractivity contribution < 1.29 is 24.1 Å². The summed E-state index contributed by atoms with van der Waals surface area (Å²) in [4.78, 5) is 10.6. The summed E-state index contributed by atoms with van der Waals surface area (Å²) >= 11 is 0. The molecule has 0 fully saturated rings. The predicted molar refractivity (Wildman–Crippen MR) is 87.0 cm³/mol. The van der Waals surface area contributed by atoms with Crippen LogP contribution in [-0.2, 0) is 11.4 Å². The minimum absolute atomic E-state index is 0.373. The lowest BCUT2D eigenvalue weighted by Crippen LogP contribution is -2.00. The summed E-state index contributed by atoms with van der Waals surface area (Å²) in [6.45, 7) is 0.373. The van der Waals surface area contributed by atoms with E-state index in [2.05, 4.69) is 0 Å². The highest BCUT2D eigenvalue weighted by Crippen LogP contribution is 2.39. The Morgan fingerprint density at radius 1 is 1.09 bits per heavy atom. The third-order valence-electron chi connectivity index (χ3n) is 3.13. The molecule has 2 aromatic carbocycles. The van der Waals surface area contributed by atoms with Crippen LogP contribution in [0.1, 0.15) is 11.1 Å². The lowest BCUT2D eigenvalue weighted by Gasteiger charge is -2.15. The van der Waals surface area contributed by atoms with Gasteiger partial charge in [0.15, 0.2) is 11.5 Å². The second-order valence-electron chi connectivity index (χ2n) is 4.70. The second-order valence-corrected chi connectivity index (χ2v) is 4.70. The van der Waals surface area contributed by atoms with Gasteiger partial charge in [-0.1, -0.05) is 30.3 Å². The van der Waals surface area contributed by atoms with E-state index in [9.17, 15) is 4.79 Å². The third kappa shape index (κ3) is 4.51. The van der Waals surface area contributed by atoms with Gasteiger partial charge in [0.2, 0.25) is 5.75 Å². The maximum Gasteiger partial charge on any atom is 0.328 e. The van der Waals surface area contributed by atoms with Gasteiger partial charge in [-0.2, -0.15) is 0 Å². The molecule has 5 heteroatoms. The van der Waals surface area contributed by atoms with Crippen LogP contribution in [0.3, 0.4) is 0 Å². The Kier molecular flexibility index (Phi) is 5.63. The van der Waals surface area contributed by atoms with Crippen LogP contribution in [0.5, 0.6) is 17.2 Å². The first-order valence-corrected chi connectivity index (χ1v) is 6.97. The molecule has 1 N–H and O–H groups in total.